The third-order valence-corrected chi connectivity index (χ3v) is 1.59. The van der Waals surface area contributed by atoms with Gasteiger partial charge in [0.1, 0.15) is 0 Å². The van der Waals surface area contributed by atoms with Gasteiger partial charge in [-0.2, -0.15) is 15.0 Å². The van der Waals surface area contributed by atoms with Crippen LogP contribution in [0.25, 0.3) is 0 Å². The molecule has 0 amide bonds. The average molecular weight is 247 g/mol. The van der Waals surface area contributed by atoms with Crippen LogP contribution in [-0.4, -0.2) is 41.1 Å². The molecule has 0 fully saturated rings. The molecule has 1 rings (SSSR count). The Labute approximate surface area is 97.8 Å². The van der Waals surface area contributed by atoms with Gasteiger partial charge in [0.15, 0.2) is 0 Å². The molecular formula is C9H15F2N5O. The summed E-state index contributed by atoms with van der Waals surface area (Å²) in [6.45, 7) is 3.11. The molecular weight excluding hydrogens is 232 g/mol. The normalized spacial score (nSPS) is 10.8. The summed E-state index contributed by atoms with van der Waals surface area (Å²) >= 11 is 0. The quantitative estimate of drug-likeness (QED) is 0.791. The van der Waals surface area contributed by atoms with E-state index in [9.17, 15) is 8.78 Å². The number of ether oxygens (including phenoxy) is 1. The van der Waals surface area contributed by atoms with Gasteiger partial charge in [0.25, 0.3) is 6.43 Å². The van der Waals surface area contributed by atoms with Crippen LogP contribution in [-0.2, 0) is 0 Å². The number of hydrogen-bond acceptors (Lipinski definition) is 6. The van der Waals surface area contributed by atoms with Crippen molar-refractivity contribution in [2.45, 2.75) is 26.4 Å². The summed E-state index contributed by atoms with van der Waals surface area (Å²) in [6.07, 6.45) is -2.58. The van der Waals surface area contributed by atoms with Crippen molar-refractivity contribution in [1.82, 2.24) is 15.0 Å². The van der Waals surface area contributed by atoms with Gasteiger partial charge in [-0.25, -0.2) is 8.78 Å². The van der Waals surface area contributed by atoms with Gasteiger partial charge in [0, 0.05) is 7.05 Å². The second-order valence-electron chi connectivity index (χ2n) is 3.45. The summed E-state index contributed by atoms with van der Waals surface area (Å²) in [6, 6.07) is 0.0936. The molecule has 0 unspecified atom stereocenters. The molecule has 1 aromatic heterocycles. The minimum absolute atomic E-state index is 0.0558. The molecule has 0 aromatic carbocycles. The van der Waals surface area contributed by atoms with Crippen molar-refractivity contribution in [3.8, 4) is 6.01 Å². The number of alkyl halides is 2. The fourth-order valence-electron chi connectivity index (χ4n) is 0.979. The Kier molecular flexibility index (Phi) is 4.80. The maximum atomic E-state index is 12.0. The third-order valence-electron chi connectivity index (χ3n) is 1.59. The lowest BCUT2D eigenvalue weighted by atomic mass is 10.5. The number of halogens is 2. The van der Waals surface area contributed by atoms with E-state index in [0.717, 1.165) is 0 Å². The maximum absolute atomic E-state index is 12.0. The third kappa shape index (κ3) is 4.75. The molecule has 0 atom stereocenters. The monoisotopic (exact) mass is 247 g/mol. The Bertz CT molecular complexity index is 361. The summed E-state index contributed by atoms with van der Waals surface area (Å²) in [5.74, 6) is 0.313. The first-order valence-electron chi connectivity index (χ1n) is 5.13. The van der Waals surface area contributed by atoms with E-state index in [4.69, 9.17) is 4.74 Å². The van der Waals surface area contributed by atoms with Crippen LogP contribution >= 0.6 is 0 Å². The van der Waals surface area contributed by atoms with Crippen LogP contribution in [0.5, 0.6) is 6.01 Å². The number of rotatable bonds is 6. The predicted octanol–water partition coefficient (Wildman–Crippen LogP) is 1.38. The van der Waals surface area contributed by atoms with Crippen molar-refractivity contribution < 1.29 is 13.5 Å². The summed E-state index contributed by atoms with van der Waals surface area (Å²) < 4.78 is 29.3. The van der Waals surface area contributed by atoms with Gasteiger partial charge in [0.05, 0.1) is 12.6 Å². The van der Waals surface area contributed by atoms with Gasteiger partial charge in [-0.1, -0.05) is 0 Å². The zero-order valence-corrected chi connectivity index (χ0v) is 9.87. The molecule has 8 heteroatoms. The Morgan fingerprint density at radius 2 is 1.82 bits per heavy atom. The van der Waals surface area contributed by atoms with Crippen LogP contribution in [0.3, 0.4) is 0 Å². The standard InChI is InChI=1S/C9H15F2N5O/c1-5(2)17-9-15-7(12-3)14-8(16-9)13-4-6(10)11/h5-6H,4H2,1-3H3,(H2,12,13,14,15,16). The smallest absolute Gasteiger partial charge is 0.323 e. The van der Waals surface area contributed by atoms with Crippen molar-refractivity contribution in [1.29, 1.82) is 0 Å². The van der Waals surface area contributed by atoms with E-state index in [0.29, 0.717) is 0 Å². The van der Waals surface area contributed by atoms with Crippen LogP contribution < -0.4 is 15.4 Å². The number of nitrogens with zero attached hydrogens (tertiary/aromatic N) is 3. The van der Waals surface area contributed by atoms with Crippen LogP contribution in [0.15, 0.2) is 0 Å². The van der Waals surface area contributed by atoms with E-state index in [1.807, 2.05) is 13.8 Å². The highest BCUT2D eigenvalue weighted by atomic mass is 19.3. The minimum Gasteiger partial charge on any atom is -0.461 e. The molecule has 17 heavy (non-hydrogen) atoms. The second kappa shape index (κ2) is 6.12. The van der Waals surface area contributed by atoms with E-state index in [1.54, 1.807) is 7.05 Å². The lowest BCUT2D eigenvalue weighted by Gasteiger charge is -2.10. The Hall–Kier alpha value is -1.73. The lowest BCUT2D eigenvalue weighted by molar-refractivity contribution is 0.163. The molecule has 2 N–H and O–H groups in total. The fourth-order valence-corrected chi connectivity index (χ4v) is 0.979. The highest BCUT2D eigenvalue weighted by molar-refractivity contribution is 5.35. The predicted molar refractivity (Wildman–Crippen MR) is 59.6 cm³/mol. The largest absolute Gasteiger partial charge is 0.461 e. The Balaban J connectivity index is 2.81. The molecule has 0 saturated heterocycles. The molecule has 0 aliphatic heterocycles. The van der Waals surface area contributed by atoms with Crippen molar-refractivity contribution >= 4 is 11.9 Å². The van der Waals surface area contributed by atoms with Gasteiger partial charge in [-0.05, 0) is 13.8 Å². The van der Waals surface area contributed by atoms with Crippen LogP contribution in [0.1, 0.15) is 13.8 Å². The molecule has 96 valence electrons. The van der Waals surface area contributed by atoms with Crippen molar-refractivity contribution in [3.63, 3.8) is 0 Å². The van der Waals surface area contributed by atoms with Gasteiger partial charge in [-0.3, -0.25) is 0 Å². The Morgan fingerprint density at radius 3 is 2.35 bits per heavy atom. The molecule has 0 aliphatic carbocycles. The molecule has 0 radical (unpaired) electrons. The highest BCUT2D eigenvalue weighted by Gasteiger charge is 2.09. The lowest BCUT2D eigenvalue weighted by Crippen LogP contribution is -2.16. The van der Waals surface area contributed by atoms with Gasteiger partial charge in [0.2, 0.25) is 11.9 Å². The van der Waals surface area contributed by atoms with Gasteiger partial charge in [-0.15, -0.1) is 0 Å². The minimum atomic E-state index is -2.47. The molecule has 1 aromatic rings. The van der Waals surface area contributed by atoms with Crippen molar-refractivity contribution in [2.24, 2.45) is 0 Å². The van der Waals surface area contributed by atoms with Crippen LogP contribution in [0.2, 0.25) is 0 Å². The fraction of sp³-hybridized carbons (Fsp3) is 0.667. The van der Waals surface area contributed by atoms with E-state index >= 15 is 0 Å². The SMILES string of the molecule is CNc1nc(NCC(F)F)nc(OC(C)C)n1. The van der Waals surface area contributed by atoms with E-state index in [1.165, 1.54) is 0 Å². The summed E-state index contributed by atoms with van der Waals surface area (Å²) in [4.78, 5) is 11.7. The number of aromatic nitrogens is 3. The molecule has 0 saturated carbocycles. The van der Waals surface area contributed by atoms with Gasteiger partial charge < -0.3 is 15.4 Å². The zero-order chi connectivity index (χ0) is 12.8. The van der Waals surface area contributed by atoms with Crippen molar-refractivity contribution in [2.75, 3.05) is 24.2 Å². The van der Waals surface area contributed by atoms with Crippen molar-refractivity contribution in [3.05, 3.63) is 0 Å². The highest BCUT2D eigenvalue weighted by Crippen LogP contribution is 2.12. The number of anilines is 2. The second-order valence-corrected chi connectivity index (χ2v) is 3.45. The van der Waals surface area contributed by atoms with Crippen LogP contribution in [0.4, 0.5) is 20.7 Å². The maximum Gasteiger partial charge on any atom is 0.323 e. The zero-order valence-electron chi connectivity index (χ0n) is 9.87. The summed E-state index contributed by atoms with van der Waals surface area (Å²) in [5.41, 5.74) is 0. The first-order chi connectivity index (χ1) is 8.01. The Morgan fingerprint density at radius 1 is 1.18 bits per heavy atom. The van der Waals surface area contributed by atoms with E-state index in [2.05, 4.69) is 25.6 Å². The van der Waals surface area contributed by atoms with Crippen LogP contribution in [0, 0.1) is 0 Å². The molecule has 1 heterocycles. The average Bonchev–Trinajstić information content (AvgIpc) is 2.25. The van der Waals surface area contributed by atoms with E-state index < -0.39 is 13.0 Å². The first kappa shape index (κ1) is 13.3. The van der Waals surface area contributed by atoms with E-state index in [-0.39, 0.29) is 24.0 Å². The number of hydrogen-bond donors (Lipinski definition) is 2. The molecule has 6 nitrogen and oxygen atoms in total. The first-order valence-corrected chi connectivity index (χ1v) is 5.13. The number of nitrogens with one attached hydrogen (secondary N) is 2. The molecule has 0 bridgehead atoms. The topological polar surface area (TPSA) is 72.0 Å². The molecule has 0 spiro atoms. The summed E-state index contributed by atoms with van der Waals surface area (Å²) in [5, 5.41) is 5.10. The van der Waals surface area contributed by atoms with Gasteiger partial charge >= 0.3 is 6.01 Å². The molecule has 0 aliphatic rings. The summed E-state index contributed by atoms with van der Waals surface area (Å²) in [7, 11) is 1.62.